The first kappa shape index (κ1) is 13.8. The SMILES string of the molecule is Cc1ccc(NCC2(N(C)C)CCC2)c([N+](=O)[O-])c1. The highest BCUT2D eigenvalue weighted by molar-refractivity contribution is 5.62. The predicted octanol–water partition coefficient (Wildman–Crippen LogP) is 2.80. The summed E-state index contributed by atoms with van der Waals surface area (Å²) in [6, 6.07) is 5.32. The van der Waals surface area contributed by atoms with Gasteiger partial charge in [0.1, 0.15) is 5.69 Å². The van der Waals surface area contributed by atoms with Gasteiger partial charge in [0.15, 0.2) is 0 Å². The number of hydrogen-bond acceptors (Lipinski definition) is 4. The Bertz CT molecular complexity index is 482. The number of benzene rings is 1. The van der Waals surface area contributed by atoms with Crippen LogP contribution in [0, 0.1) is 17.0 Å². The largest absolute Gasteiger partial charge is 0.378 e. The van der Waals surface area contributed by atoms with E-state index in [9.17, 15) is 10.1 Å². The zero-order valence-electron chi connectivity index (χ0n) is 11.8. The van der Waals surface area contributed by atoms with Crippen LogP contribution in [0.15, 0.2) is 18.2 Å². The monoisotopic (exact) mass is 263 g/mol. The van der Waals surface area contributed by atoms with Crippen LogP contribution < -0.4 is 5.32 Å². The third-order valence-electron chi connectivity index (χ3n) is 4.19. The molecular formula is C14H21N3O2. The van der Waals surface area contributed by atoms with Gasteiger partial charge in [-0.3, -0.25) is 10.1 Å². The van der Waals surface area contributed by atoms with Crippen LogP contribution in [0.3, 0.4) is 0 Å². The maximum Gasteiger partial charge on any atom is 0.292 e. The molecule has 0 bridgehead atoms. The minimum absolute atomic E-state index is 0.152. The van der Waals surface area contributed by atoms with Crippen molar-refractivity contribution in [3.63, 3.8) is 0 Å². The fourth-order valence-electron chi connectivity index (χ4n) is 2.57. The Labute approximate surface area is 113 Å². The summed E-state index contributed by atoms with van der Waals surface area (Å²) in [6.07, 6.45) is 3.52. The van der Waals surface area contributed by atoms with Gasteiger partial charge < -0.3 is 10.2 Å². The van der Waals surface area contributed by atoms with Crippen LogP contribution in [-0.4, -0.2) is 36.0 Å². The average molecular weight is 263 g/mol. The van der Waals surface area contributed by atoms with E-state index in [4.69, 9.17) is 0 Å². The number of aryl methyl sites for hydroxylation is 1. The Morgan fingerprint density at radius 3 is 2.58 bits per heavy atom. The highest BCUT2D eigenvalue weighted by atomic mass is 16.6. The molecule has 1 aromatic carbocycles. The number of nitrogens with one attached hydrogen (secondary N) is 1. The van der Waals surface area contributed by atoms with Gasteiger partial charge >= 0.3 is 0 Å². The van der Waals surface area contributed by atoms with Crippen LogP contribution in [0.1, 0.15) is 24.8 Å². The lowest BCUT2D eigenvalue weighted by Crippen LogP contribution is -2.54. The second-order valence-electron chi connectivity index (χ2n) is 5.60. The molecule has 5 heteroatoms. The molecule has 0 heterocycles. The lowest BCUT2D eigenvalue weighted by Gasteiger charge is -2.47. The molecule has 0 amide bonds. The van der Waals surface area contributed by atoms with Crippen molar-refractivity contribution >= 4 is 11.4 Å². The Morgan fingerprint density at radius 1 is 1.42 bits per heavy atom. The lowest BCUT2D eigenvalue weighted by molar-refractivity contribution is -0.384. The first-order chi connectivity index (χ1) is 8.94. The van der Waals surface area contributed by atoms with Crippen LogP contribution >= 0.6 is 0 Å². The average Bonchev–Trinajstić information content (AvgIpc) is 2.28. The second kappa shape index (κ2) is 5.17. The van der Waals surface area contributed by atoms with Crippen molar-refractivity contribution in [2.24, 2.45) is 0 Å². The van der Waals surface area contributed by atoms with Crippen molar-refractivity contribution in [3.05, 3.63) is 33.9 Å². The number of rotatable bonds is 5. The van der Waals surface area contributed by atoms with Crippen molar-refractivity contribution in [2.75, 3.05) is 26.0 Å². The second-order valence-corrected chi connectivity index (χ2v) is 5.60. The number of nitrogens with zero attached hydrogens (tertiary/aromatic N) is 2. The first-order valence-corrected chi connectivity index (χ1v) is 6.61. The Balaban J connectivity index is 2.13. The highest BCUT2D eigenvalue weighted by Gasteiger charge is 2.39. The topological polar surface area (TPSA) is 58.4 Å². The van der Waals surface area contributed by atoms with E-state index in [-0.39, 0.29) is 16.1 Å². The minimum Gasteiger partial charge on any atom is -0.378 e. The molecule has 5 nitrogen and oxygen atoms in total. The van der Waals surface area contributed by atoms with Gasteiger partial charge in [-0.1, -0.05) is 6.07 Å². The molecule has 104 valence electrons. The lowest BCUT2D eigenvalue weighted by atomic mass is 9.75. The third-order valence-corrected chi connectivity index (χ3v) is 4.19. The van der Waals surface area contributed by atoms with E-state index in [0.29, 0.717) is 5.69 Å². The van der Waals surface area contributed by atoms with Crippen molar-refractivity contribution in [2.45, 2.75) is 31.7 Å². The van der Waals surface area contributed by atoms with Crippen LogP contribution in [0.2, 0.25) is 0 Å². The standard InChI is InChI=1S/C14H21N3O2/c1-11-5-6-12(13(9-11)17(18)19)15-10-14(16(2)3)7-4-8-14/h5-6,9,15H,4,7-8,10H2,1-3H3. The van der Waals surface area contributed by atoms with E-state index in [1.807, 2.05) is 13.0 Å². The van der Waals surface area contributed by atoms with Crippen molar-refractivity contribution in [1.29, 1.82) is 0 Å². The molecule has 1 aliphatic carbocycles. The molecule has 0 aliphatic heterocycles. The van der Waals surface area contributed by atoms with Gasteiger partial charge in [-0.05, 0) is 51.9 Å². The fraction of sp³-hybridized carbons (Fsp3) is 0.571. The summed E-state index contributed by atoms with van der Waals surface area (Å²) in [5.41, 5.74) is 1.83. The highest BCUT2D eigenvalue weighted by Crippen LogP contribution is 2.37. The zero-order chi connectivity index (χ0) is 14.0. The molecule has 2 rings (SSSR count). The predicted molar refractivity (Wildman–Crippen MR) is 76.6 cm³/mol. The number of likely N-dealkylation sites (N-methyl/N-ethyl adjacent to an activating group) is 1. The van der Waals surface area contributed by atoms with Gasteiger partial charge in [0, 0.05) is 18.2 Å². The van der Waals surface area contributed by atoms with Crippen LogP contribution in [0.4, 0.5) is 11.4 Å². The number of hydrogen-bond donors (Lipinski definition) is 1. The molecule has 0 aromatic heterocycles. The molecule has 0 atom stereocenters. The van der Waals surface area contributed by atoms with Gasteiger partial charge in [-0.15, -0.1) is 0 Å². The molecule has 19 heavy (non-hydrogen) atoms. The van der Waals surface area contributed by atoms with Crippen molar-refractivity contribution in [1.82, 2.24) is 4.90 Å². The van der Waals surface area contributed by atoms with Crippen molar-refractivity contribution in [3.8, 4) is 0 Å². The smallest absolute Gasteiger partial charge is 0.292 e. The summed E-state index contributed by atoms with van der Waals surface area (Å²) in [5.74, 6) is 0. The number of anilines is 1. The molecule has 1 aliphatic rings. The summed E-state index contributed by atoms with van der Waals surface area (Å²) < 4.78 is 0. The minimum atomic E-state index is -0.321. The summed E-state index contributed by atoms with van der Waals surface area (Å²) in [4.78, 5) is 13.0. The maximum absolute atomic E-state index is 11.1. The van der Waals surface area contributed by atoms with E-state index in [0.717, 1.165) is 24.9 Å². The Hall–Kier alpha value is -1.62. The van der Waals surface area contributed by atoms with E-state index in [1.165, 1.54) is 6.42 Å². The molecule has 1 aromatic rings. The molecule has 0 unspecified atom stereocenters. The van der Waals surface area contributed by atoms with E-state index in [1.54, 1.807) is 12.1 Å². The molecule has 1 fully saturated rings. The van der Waals surface area contributed by atoms with E-state index in [2.05, 4.69) is 24.3 Å². The summed E-state index contributed by atoms with van der Waals surface area (Å²) in [5, 5.41) is 14.3. The molecule has 1 saturated carbocycles. The summed E-state index contributed by atoms with van der Waals surface area (Å²) in [6.45, 7) is 2.62. The molecular weight excluding hydrogens is 242 g/mol. The summed E-state index contributed by atoms with van der Waals surface area (Å²) in [7, 11) is 4.15. The van der Waals surface area contributed by atoms with E-state index >= 15 is 0 Å². The quantitative estimate of drug-likeness (QED) is 0.655. The normalized spacial score (nSPS) is 17.1. The van der Waals surface area contributed by atoms with Crippen LogP contribution in [0.5, 0.6) is 0 Å². The Kier molecular flexibility index (Phi) is 3.75. The van der Waals surface area contributed by atoms with E-state index < -0.39 is 0 Å². The van der Waals surface area contributed by atoms with Crippen LogP contribution in [0.25, 0.3) is 0 Å². The Morgan fingerprint density at radius 2 is 2.11 bits per heavy atom. The van der Waals surface area contributed by atoms with Gasteiger partial charge in [0.05, 0.1) is 4.92 Å². The van der Waals surface area contributed by atoms with Crippen molar-refractivity contribution < 1.29 is 4.92 Å². The number of nitro benzene ring substituents is 1. The molecule has 0 radical (unpaired) electrons. The summed E-state index contributed by atoms with van der Waals surface area (Å²) >= 11 is 0. The first-order valence-electron chi connectivity index (χ1n) is 6.61. The van der Waals surface area contributed by atoms with Gasteiger partial charge in [-0.25, -0.2) is 0 Å². The van der Waals surface area contributed by atoms with Gasteiger partial charge in [0.25, 0.3) is 5.69 Å². The molecule has 1 N–H and O–H groups in total. The number of nitro groups is 1. The van der Waals surface area contributed by atoms with Crippen LogP contribution in [-0.2, 0) is 0 Å². The fourth-order valence-corrected chi connectivity index (χ4v) is 2.57. The maximum atomic E-state index is 11.1. The van der Waals surface area contributed by atoms with Gasteiger partial charge in [-0.2, -0.15) is 0 Å². The zero-order valence-corrected chi connectivity index (χ0v) is 11.8. The molecule has 0 spiro atoms. The molecule has 0 saturated heterocycles. The third kappa shape index (κ3) is 2.71. The van der Waals surface area contributed by atoms with Gasteiger partial charge in [0.2, 0.25) is 0 Å².